The van der Waals surface area contributed by atoms with Gasteiger partial charge in [0, 0.05) is 18.8 Å². The van der Waals surface area contributed by atoms with Crippen LogP contribution in [0.5, 0.6) is 0 Å². The van der Waals surface area contributed by atoms with Crippen molar-refractivity contribution in [3.63, 3.8) is 0 Å². The highest BCUT2D eigenvalue weighted by Crippen LogP contribution is 2.09. The molecule has 1 rings (SSSR count). The number of benzene rings is 1. The van der Waals surface area contributed by atoms with Crippen LogP contribution in [0.15, 0.2) is 30.3 Å². The van der Waals surface area contributed by atoms with E-state index in [0.717, 1.165) is 11.3 Å². The van der Waals surface area contributed by atoms with Crippen LogP contribution in [-0.4, -0.2) is 19.1 Å². The van der Waals surface area contributed by atoms with Crippen molar-refractivity contribution in [2.45, 2.75) is 20.0 Å². The molecule has 0 heterocycles. The number of nitrogens with one attached hydrogen (secondary N) is 1. The van der Waals surface area contributed by atoms with Gasteiger partial charge in [-0.1, -0.05) is 12.1 Å². The molecule has 3 nitrogen and oxygen atoms in total. The van der Waals surface area contributed by atoms with E-state index in [1.165, 1.54) is 6.08 Å². The number of hydrogen-bond donors (Lipinski definition) is 1. The average molecular weight is 219 g/mol. The molecule has 0 aliphatic carbocycles. The summed E-state index contributed by atoms with van der Waals surface area (Å²) in [6, 6.07) is 7.77. The fourth-order valence-electron chi connectivity index (χ4n) is 1.20. The summed E-state index contributed by atoms with van der Waals surface area (Å²) < 4.78 is 4.98. The number of carbonyl (C=O) groups excluding carboxylic acids is 1. The Balaban J connectivity index is 2.58. The molecule has 16 heavy (non-hydrogen) atoms. The summed E-state index contributed by atoms with van der Waals surface area (Å²) in [5.74, 6) is -0.312. The maximum atomic E-state index is 11.2. The minimum Gasteiger partial charge on any atom is -0.460 e. The zero-order chi connectivity index (χ0) is 12.0. The first-order valence-electron chi connectivity index (χ1n) is 5.28. The van der Waals surface area contributed by atoms with E-state index in [-0.39, 0.29) is 12.1 Å². The first-order valence-corrected chi connectivity index (χ1v) is 5.28. The largest absolute Gasteiger partial charge is 0.460 e. The zero-order valence-corrected chi connectivity index (χ0v) is 9.86. The monoisotopic (exact) mass is 219 g/mol. The van der Waals surface area contributed by atoms with Gasteiger partial charge in [0.15, 0.2) is 0 Å². The Labute approximate surface area is 96.1 Å². The molecule has 0 atom stereocenters. The average Bonchev–Trinajstić information content (AvgIpc) is 2.26. The van der Waals surface area contributed by atoms with Crippen LogP contribution in [0.2, 0.25) is 0 Å². The van der Waals surface area contributed by atoms with Gasteiger partial charge < -0.3 is 10.1 Å². The van der Waals surface area contributed by atoms with E-state index in [9.17, 15) is 4.79 Å². The van der Waals surface area contributed by atoms with Gasteiger partial charge >= 0.3 is 5.97 Å². The lowest BCUT2D eigenvalue weighted by molar-refractivity contribution is -0.141. The van der Waals surface area contributed by atoms with Crippen LogP contribution in [0, 0.1) is 0 Å². The standard InChI is InChI=1S/C13H17NO2/c1-10(2)16-13(15)9-6-11-4-7-12(14-3)8-5-11/h4-10,14H,1-3H3/b9-6+. The third kappa shape index (κ3) is 4.17. The van der Waals surface area contributed by atoms with Crippen LogP contribution in [-0.2, 0) is 9.53 Å². The molecular formula is C13H17NO2. The third-order valence-corrected chi connectivity index (χ3v) is 1.96. The minimum absolute atomic E-state index is 0.0798. The Kier molecular flexibility index (Phi) is 4.58. The number of carbonyl (C=O) groups is 1. The zero-order valence-electron chi connectivity index (χ0n) is 9.86. The summed E-state index contributed by atoms with van der Waals surface area (Å²) in [6.07, 6.45) is 3.10. The lowest BCUT2D eigenvalue weighted by atomic mass is 10.2. The number of anilines is 1. The fraction of sp³-hybridized carbons (Fsp3) is 0.308. The third-order valence-electron chi connectivity index (χ3n) is 1.96. The topological polar surface area (TPSA) is 38.3 Å². The summed E-state index contributed by atoms with van der Waals surface area (Å²) in [7, 11) is 1.87. The minimum atomic E-state index is -0.312. The number of hydrogen-bond acceptors (Lipinski definition) is 3. The Bertz CT molecular complexity index is 366. The SMILES string of the molecule is CNc1ccc(/C=C/C(=O)OC(C)C)cc1. The van der Waals surface area contributed by atoms with Gasteiger partial charge in [0.25, 0.3) is 0 Å². The quantitative estimate of drug-likeness (QED) is 0.625. The fourth-order valence-corrected chi connectivity index (χ4v) is 1.20. The molecule has 0 aromatic heterocycles. The molecule has 0 unspecified atom stereocenters. The molecule has 3 heteroatoms. The number of rotatable bonds is 4. The first kappa shape index (κ1) is 12.3. The van der Waals surface area contributed by atoms with Crippen molar-refractivity contribution in [3.05, 3.63) is 35.9 Å². The maximum Gasteiger partial charge on any atom is 0.331 e. The predicted octanol–water partition coefficient (Wildman–Crippen LogP) is 2.69. The van der Waals surface area contributed by atoms with Crippen LogP contribution in [0.3, 0.4) is 0 Å². The van der Waals surface area contributed by atoms with Crippen LogP contribution in [0.25, 0.3) is 6.08 Å². The van der Waals surface area contributed by atoms with E-state index >= 15 is 0 Å². The summed E-state index contributed by atoms with van der Waals surface area (Å²) >= 11 is 0. The van der Waals surface area contributed by atoms with Crippen molar-refractivity contribution in [1.82, 2.24) is 0 Å². The van der Waals surface area contributed by atoms with E-state index in [1.807, 2.05) is 45.2 Å². The molecule has 0 fully saturated rings. The molecule has 0 spiro atoms. The second-order valence-electron chi connectivity index (χ2n) is 3.69. The van der Waals surface area contributed by atoms with Crippen LogP contribution >= 0.6 is 0 Å². The Hall–Kier alpha value is -1.77. The van der Waals surface area contributed by atoms with Crippen molar-refractivity contribution in [3.8, 4) is 0 Å². The van der Waals surface area contributed by atoms with Gasteiger partial charge in [0.05, 0.1) is 6.10 Å². The molecule has 0 amide bonds. The van der Waals surface area contributed by atoms with E-state index in [1.54, 1.807) is 6.08 Å². The molecule has 0 saturated carbocycles. The first-order chi connectivity index (χ1) is 7.61. The molecule has 0 saturated heterocycles. The predicted molar refractivity (Wildman–Crippen MR) is 66.3 cm³/mol. The van der Waals surface area contributed by atoms with Crippen LogP contribution in [0.1, 0.15) is 19.4 Å². The smallest absolute Gasteiger partial charge is 0.331 e. The van der Waals surface area contributed by atoms with E-state index in [0.29, 0.717) is 0 Å². The van der Waals surface area contributed by atoms with Gasteiger partial charge in [-0.2, -0.15) is 0 Å². The van der Waals surface area contributed by atoms with E-state index < -0.39 is 0 Å². The molecule has 0 radical (unpaired) electrons. The van der Waals surface area contributed by atoms with Crippen LogP contribution in [0.4, 0.5) is 5.69 Å². The second kappa shape index (κ2) is 5.95. The van der Waals surface area contributed by atoms with Crippen molar-refractivity contribution in [2.75, 3.05) is 12.4 Å². The van der Waals surface area contributed by atoms with Crippen LogP contribution < -0.4 is 5.32 Å². The van der Waals surface area contributed by atoms with Gasteiger partial charge in [-0.15, -0.1) is 0 Å². The molecule has 1 N–H and O–H groups in total. The van der Waals surface area contributed by atoms with Crippen molar-refractivity contribution in [1.29, 1.82) is 0 Å². The van der Waals surface area contributed by atoms with Crippen molar-refractivity contribution in [2.24, 2.45) is 0 Å². The molecule has 86 valence electrons. The van der Waals surface area contributed by atoms with Crippen molar-refractivity contribution >= 4 is 17.7 Å². The molecular weight excluding hydrogens is 202 g/mol. The van der Waals surface area contributed by atoms with Gasteiger partial charge in [-0.3, -0.25) is 0 Å². The van der Waals surface area contributed by atoms with Gasteiger partial charge in [0.1, 0.15) is 0 Å². The Morgan fingerprint density at radius 2 is 1.94 bits per heavy atom. The lowest BCUT2D eigenvalue weighted by Gasteiger charge is -2.04. The molecule has 0 bridgehead atoms. The van der Waals surface area contributed by atoms with E-state index in [2.05, 4.69) is 5.32 Å². The summed E-state index contributed by atoms with van der Waals surface area (Å²) in [6.45, 7) is 3.65. The molecule has 0 aliphatic heterocycles. The molecule has 0 aliphatic rings. The van der Waals surface area contributed by atoms with Gasteiger partial charge in [-0.25, -0.2) is 4.79 Å². The summed E-state index contributed by atoms with van der Waals surface area (Å²) in [5.41, 5.74) is 2.02. The number of esters is 1. The maximum absolute atomic E-state index is 11.2. The lowest BCUT2D eigenvalue weighted by Crippen LogP contribution is -2.08. The Morgan fingerprint density at radius 3 is 2.44 bits per heavy atom. The second-order valence-corrected chi connectivity index (χ2v) is 3.69. The van der Waals surface area contributed by atoms with Gasteiger partial charge in [0.2, 0.25) is 0 Å². The van der Waals surface area contributed by atoms with Gasteiger partial charge in [-0.05, 0) is 37.6 Å². The van der Waals surface area contributed by atoms with Crippen molar-refractivity contribution < 1.29 is 9.53 Å². The summed E-state index contributed by atoms with van der Waals surface area (Å²) in [5, 5.41) is 3.03. The number of ether oxygens (including phenoxy) is 1. The summed E-state index contributed by atoms with van der Waals surface area (Å²) in [4.78, 5) is 11.2. The highest BCUT2D eigenvalue weighted by Gasteiger charge is 1.99. The highest BCUT2D eigenvalue weighted by atomic mass is 16.5. The highest BCUT2D eigenvalue weighted by molar-refractivity contribution is 5.87. The molecule has 1 aromatic carbocycles. The van der Waals surface area contributed by atoms with E-state index in [4.69, 9.17) is 4.74 Å². The normalized spacial score (nSPS) is 10.8. The molecule has 1 aromatic rings. The Morgan fingerprint density at radius 1 is 1.31 bits per heavy atom.